The quantitative estimate of drug-likeness (QED) is 0.125. The van der Waals surface area contributed by atoms with Crippen molar-refractivity contribution in [2.45, 2.75) is 116 Å². The molecule has 2 atom stereocenters. The fourth-order valence-corrected chi connectivity index (χ4v) is 4.73. The molecule has 0 heterocycles. The molecule has 0 saturated heterocycles. The Morgan fingerprint density at radius 3 is 1.95 bits per heavy atom. The maximum Gasteiger partial charge on any atom is 0.407 e. The molecule has 2 rings (SSSR count). The first-order valence-corrected chi connectivity index (χ1v) is 15.6. The zero-order valence-electron chi connectivity index (χ0n) is 25.0. The predicted molar refractivity (Wildman–Crippen MR) is 164 cm³/mol. The van der Waals surface area contributed by atoms with E-state index in [9.17, 15) is 14.7 Å². The highest BCUT2D eigenvalue weighted by Gasteiger charge is 2.18. The summed E-state index contributed by atoms with van der Waals surface area (Å²) in [7, 11) is 0. The lowest BCUT2D eigenvalue weighted by Crippen LogP contribution is -2.39. The summed E-state index contributed by atoms with van der Waals surface area (Å²) < 4.78 is 11.4. The molecule has 3 N–H and O–H groups in total. The Morgan fingerprint density at radius 1 is 0.756 bits per heavy atom. The highest BCUT2D eigenvalue weighted by molar-refractivity contribution is 5.76. The van der Waals surface area contributed by atoms with Gasteiger partial charge >= 0.3 is 6.09 Å². The zero-order valence-corrected chi connectivity index (χ0v) is 25.0. The number of ether oxygens (including phenoxy) is 2. The van der Waals surface area contributed by atoms with Crippen molar-refractivity contribution in [3.8, 4) is 0 Å². The standard InChI is InChI=1S/C34H52N2O5/c1-2-3-4-5-6-7-8-9-16-23-32(40-27-29-18-12-10-13-19-29)25-33(38)36-31(26-37)22-17-24-35-34(39)41-28-30-20-14-11-15-21-30/h10-15,18-21,31-32,37H,2-9,16-17,22-28H2,1H3,(H,35,39)(H,36,38). The molecule has 0 fully saturated rings. The fraction of sp³-hybridized carbons (Fsp3) is 0.588. The lowest BCUT2D eigenvalue weighted by Gasteiger charge is -2.21. The third-order valence-corrected chi connectivity index (χ3v) is 7.17. The van der Waals surface area contributed by atoms with Gasteiger partial charge in [0, 0.05) is 6.54 Å². The summed E-state index contributed by atoms with van der Waals surface area (Å²) in [5.74, 6) is -0.117. The lowest BCUT2D eigenvalue weighted by atomic mass is 10.0. The topological polar surface area (TPSA) is 96.9 Å². The molecule has 0 saturated carbocycles. The second kappa shape index (κ2) is 22.8. The van der Waals surface area contributed by atoms with Crippen LogP contribution in [0.5, 0.6) is 0 Å². The van der Waals surface area contributed by atoms with Crippen LogP contribution in [-0.2, 0) is 27.5 Å². The van der Waals surface area contributed by atoms with Crippen LogP contribution in [0.3, 0.4) is 0 Å². The lowest BCUT2D eigenvalue weighted by molar-refractivity contribution is -0.125. The van der Waals surface area contributed by atoms with E-state index >= 15 is 0 Å². The first kappa shape index (κ1) is 34.3. The number of unbranched alkanes of at least 4 members (excludes halogenated alkanes) is 8. The molecule has 0 radical (unpaired) electrons. The average molecular weight is 569 g/mol. The van der Waals surface area contributed by atoms with Gasteiger partial charge in [-0.15, -0.1) is 0 Å². The van der Waals surface area contributed by atoms with Crippen molar-refractivity contribution in [1.82, 2.24) is 10.6 Å². The van der Waals surface area contributed by atoms with Crippen molar-refractivity contribution >= 4 is 12.0 Å². The number of amides is 2. The van der Waals surface area contributed by atoms with Crippen molar-refractivity contribution in [3.63, 3.8) is 0 Å². The predicted octanol–water partition coefficient (Wildman–Crippen LogP) is 7.07. The molecule has 0 spiro atoms. The van der Waals surface area contributed by atoms with E-state index in [1.807, 2.05) is 60.7 Å². The first-order valence-electron chi connectivity index (χ1n) is 15.6. The highest BCUT2D eigenvalue weighted by Crippen LogP contribution is 2.16. The molecular formula is C34H52N2O5. The van der Waals surface area contributed by atoms with Crippen LogP contribution in [0.4, 0.5) is 4.79 Å². The van der Waals surface area contributed by atoms with E-state index in [-0.39, 0.29) is 37.7 Å². The molecule has 0 aliphatic rings. The van der Waals surface area contributed by atoms with Crippen LogP contribution >= 0.6 is 0 Å². The highest BCUT2D eigenvalue weighted by atomic mass is 16.5. The Bertz CT molecular complexity index is 925. The molecule has 0 bridgehead atoms. The first-order chi connectivity index (χ1) is 20.1. The number of rotatable bonds is 23. The molecule has 228 valence electrons. The van der Waals surface area contributed by atoms with Gasteiger partial charge in [0.2, 0.25) is 5.91 Å². The van der Waals surface area contributed by atoms with Crippen molar-refractivity contribution in [3.05, 3.63) is 71.8 Å². The molecule has 0 aliphatic carbocycles. The number of aliphatic hydroxyl groups excluding tert-OH is 1. The maximum absolute atomic E-state index is 12.9. The molecule has 41 heavy (non-hydrogen) atoms. The molecule has 0 aliphatic heterocycles. The van der Waals surface area contributed by atoms with Crippen molar-refractivity contribution in [1.29, 1.82) is 0 Å². The third-order valence-electron chi connectivity index (χ3n) is 7.17. The second-order valence-corrected chi connectivity index (χ2v) is 10.8. The van der Waals surface area contributed by atoms with E-state index in [2.05, 4.69) is 17.6 Å². The number of hydrogen-bond acceptors (Lipinski definition) is 5. The smallest absolute Gasteiger partial charge is 0.407 e. The van der Waals surface area contributed by atoms with Crippen LogP contribution in [0.15, 0.2) is 60.7 Å². The Kier molecular flexibility index (Phi) is 19.0. The average Bonchev–Trinajstić information content (AvgIpc) is 3.00. The van der Waals surface area contributed by atoms with Gasteiger partial charge in [-0.05, 0) is 30.4 Å². The van der Waals surface area contributed by atoms with E-state index in [1.165, 1.54) is 44.9 Å². The van der Waals surface area contributed by atoms with Crippen LogP contribution in [0.25, 0.3) is 0 Å². The summed E-state index contributed by atoms with van der Waals surface area (Å²) in [5.41, 5.74) is 2.02. The molecule has 2 aromatic rings. The Morgan fingerprint density at radius 2 is 1.34 bits per heavy atom. The minimum Gasteiger partial charge on any atom is -0.445 e. The van der Waals surface area contributed by atoms with Gasteiger partial charge in [0.15, 0.2) is 0 Å². The normalized spacial score (nSPS) is 12.4. The van der Waals surface area contributed by atoms with Gasteiger partial charge in [0.25, 0.3) is 0 Å². The van der Waals surface area contributed by atoms with Crippen molar-refractivity contribution in [2.75, 3.05) is 13.2 Å². The summed E-state index contributed by atoms with van der Waals surface area (Å²) in [6.07, 6.45) is 12.9. The number of benzene rings is 2. The monoisotopic (exact) mass is 568 g/mol. The van der Waals surface area contributed by atoms with Crippen LogP contribution in [0.2, 0.25) is 0 Å². The number of nitrogens with one attached hydrogen (secondary N) is 2. The third kappa shape index (κ3) is 17.5. The number of carbonyl (C=O) groups excluding carboxylic acids is 2. The van der Waals surface area contributed by atoms with E-state index in [1.54, 1.807) is 0 Å². The van der Waals surface area contributed by atoms with Gasteiger partial charge in [-0.3, -0.25) is 4.79 Å². The molecule has 7 nitrogen and oxygen atoms in total. The van der Waals surface area contributed by atoms with Crippen molar-refractivity contribution < 1.29 is 24.2 Å². The van der Waals surface area contributed by atoms with Gasteiger partial charge in [0.05, 0.1) is 31.8 Å². The number of alkyl carbamates (subject to hydrolysis) is 1. The van der Waals surface area contributed by atoms with Crippen LogP contribution in [0.1, 0.15) is 102 Å². The van der Waals surface area contributed by atoms with E-state index < -0.39 is 6.09 Å². The summed E-state index contributed by atoms with van der Waals surface area (Å²) in [6, 6.07) is 19.2. The van der Waals surface area contributed by atoms with Gasteiger partial charge in [-0.1, -0.05) is 125 Å². The number of aliphatic hydroxyl groups is 1. The molecule has 2 unspecified atom stereocenters. The van der Waals surface area contributed by atoms with E-state index in [4.69, 9.17) is 9.47 Å². The van der Waals surface area contributed by atoms with Gasteiger partial charge in [0.1, 0.15) is 6.61 Å². The molecule has 2 aromatic carbocycles. The Labute approximate surface area is 247 Å². The molecular weight excluding hydrogens is 516 g/mol. The molecule has 7 heteroatoms. The van der Waals surface area contributed by atoms with E-state index in [0.29, 0.717) is 26.0 Å². The maximum atomic E-state index is 12.9. The van der Waals surface area contributed by atoms with Crippen molar-refractivity contribution in [2.24, 2.45) is 0 Å². The second-order valence-electron chi connectivity index (χ2n) is 10.8. The minimum absolute atomic E-state index is 0.117. The fourth-order valence-electron chi connectivity index (χ4n) is 4.73. The molecule has 0 aromatic heterocycles. The summed E-state index contributed by atoms with van der Waals surface area (Å²) in [5, 5.41) is 15.5. The molecule has 2 amide bonds. The zero-order chi connectivity index (χ0) is 29.4. The summed E-state index contributed by atoms with van der Waals surface area (Å²) >= 11 is 0. The number of hydrogen-bond donors (Lipinski definition) is 3. The van der Waals surface area contributed by atoms with Crippen LogP contribution in [-0.4, -0.2) is 42.4 Å². The van der Waals surface area contributed by atoms with Crippen LogP contribution in [0, 0.1) is 0 Å². The summed E-state index contributed by atoms with van der Waals surface area (Å²) in [4.78, 5) is 24.8. The Balaban J connectivity index is 1.68. The van der Waals surface area contributed by atoms with Gasteiger partial charge in [-0.25, -0.2) is 4.79 Å². The minimum atomic E-state index is -0.478. The van der Waals surface area contributed by atoms with E-state index in [0.717, 1.165) is 30.4 Å². The van der Waals surface area contributed by atoms with Crippen LogP contribution < -0.4 is 10.6 Å². The SMILES string of the molecule is CCCCCCCCCCCC(CC(=O)NC(CO)CCCNC(=O)OCc1ccccc1)OCc1ccccc1. The Hall–Kier alpha value is -2.90. The van der Waals surface area contributed by atoms with Gasteiger partial charge in [-0.2, -0.15) is 0 Å². The largest absolute Gasteiger partial charge is 0.445 e. The summed E-state index contributed by atoms with van der Waals surface area (Å²) in [6.45, 7) is 3.19. The van der Waals surface area contributed by atoms with Gasteiger partial charge < -0.3 is 25.2 Å². The number of carbonyl (C=O) groups is 2.